The van der Waals surface area contributed by atoms with E-state index in [1.54, 1.807) is 19.1 Å². The molecule has 1 amide bonds. The number of hydrogen-bond donors (Lipinski definition) is 3. The minimum Gasteiger partial charge on any atom is -0.351 e. The summed E-state index contributed by atoms with van der Waals surface area (Å²) in [6, 6.07) is 13.9. The molecule has 0 saturated heterocycles. The monoisotopic (exact) mass is 427 g/mol. The van der Waals surface area contributed by atoms with Gasteiger partial charge in [0.2, 0.25) is 11.1 Å². The highest BCUT2D eigenvalue weighted by Crippen LogP contribution is 2.16. The zero-order chi connectivity index (χ0) is 21.5. The average Bonchev–Trinajstić information content (AvgIpc) is 3.10. The van der Waals surface area contributed by atoms with Gasteiger partial charge in [-0.2, -0.15) is 5.10 Å². The molecule has 8 nitrogen and oxygen atoms in total. The van der Waals surface area contributed by atoms with Gasteiger partial charge in [-0.1, -0.05) is 53.7 Å². The molecule has 4 N–H and O–H groups in total. The number of thioether (sulfide) groups is 1. The first-order chi connectivity index (χ1) is 14.4. The minimum absolute atomic E-state index is 0.136. The third kappa shape index (κ3) is 5.80. The number of hydrazone groups is 1. The molecule has 0 unspecified atom stereocenters. The second kappa shape index (κ2) is 9.88. The van der Waals surface area contributed by atoms with Crippen molar-refractivity contribution in [3.8, 4) is 0 Å². The molecule has 0 atom stereocenters. The second-order valence-corrected chi connectivity index (χ2v) is 7.49. The maximum atomic E-state index is 13.0. The number of carbonyl (C=O) groups is 1. The Kier molecular flexibility index (Phi) is 7.02. The lowest BCUT2D eigenvalue weighted by molar-refractivity contribution is -0.118. The molecule has 0 radical (unpaired) electrons. The molecule has 1 aromatic heterocycles. The predicted molar refractivity (Wildman–Crippen MR) is 116 cm³/mol. The van der Waals surface area contributed by atoms with Gasteiger partial charge in [-0.3, -0.25) is 4.79 Å². The lowest BCUT2D eigenvalue weighted by Crippen LogP contribution is -2.25. The summed E-state index contributed by atoms with van der Waals surface area (Å²) in [6.45, 7) is 4.24. The van der Waals surface area contributed by atoms with Crippen molar-refractivity contribution in [2.24, 2.45) is 5.10 Å². The first kappa shape index (κ1) is 21.3. The number of amides is 1. The number of hydrogen-bond acceptors (Lipinski definition) is 7. The molecule has 0 aliphatic rings. The largest absolute Gasteiger partial charge is 0.351 e. The summed E-state index contributed by atoms with van der Waals surface area (Å²) in [5.41, 5.74) is 6.31. The molecule has 0 bridgehead atoms. The highest BCUT2D eigenvalue weighted by molar-refractivity contribution is 7.99. The number of nitrogens with one attached hydrogen (secondary N) is 2. The quantitative estimate of drug-likeness (QED) is 0.221. The van der Waals surface area contributed by atoms with E-state index in [9.17, 15) is 9.18 Å². The number of anilines is 1. The van der Waals surface area contributed by atoms with Crippen LogP contribution in [0.1, 0.15) is 23.6 Å². The van der Waals surface area contributed by atoms with Crippen LogP contribution >= 0.6 is 11.8 Å². The van der Waals surface area contributed by atoms with Crippen molar-refractivity contribution < 1.29 is 9.18 Å². The first-order valence-corrected chi connectivity index (χ1v) is 10.1. The van der Waals surface area contributed by atoms with Gasteiger partial charge in [-0.05, 0) is 37.1 Å². The Bertz CT molecular complexity index is 1030. The molecule has 30 heavy (non-hydrogen) atoms. The van der Waals surface area contributed by atoms with Crippen LogP contribution in [0.2, 0.25) is 0 Å². The number of carbonyl (C=O) groups excluding carboxylic acids is 1. The maximum Gasteiger partial charge on any atom is 0.264 e. The van der Waals surface area contributed by atoms with Crippen LogP contribution in [-0.4, -0.2) is 32.2 Å². The van der Waals surface area contributed by atoms with E-state index >= 15 is 0 Å². The van der Waals surface area contributed by atoms with Gasteiger partial charge in [0.15, 0.2) is 0 Å². The number of halogens is 1. The second-order valence-electron chi connectivity index (χ2n) is 6.54. The maximum absolute atomic E-state index is 13.0. The van der Waals surface area contributed by atoms with E-state index in [0.29, 0.717) is 17.4 Å². The van der Waals surface area contributed by atoms with Crippen molar-refractivity contribution >= 4 is 29.3 Å². The highest BCUT2D eigenvalue weighted by Gasteiger charge is 2.12. The van der Waals surface area contributed by atoms with Crippen molar-refractivity contribution in [1.29, 1.82) is 0 Å². The number of aromatic nitrogens is 3. The fourth-order valence-electron chi connectivity index (χ4n) is 2.43. The first-order valence-electron chi connectivity index (χ1n) is 9.14. The van der Waals surface area contributed by atoms with E-state index in [-0.39, 0.29) is 23.4 Å². The summed E-state index contributed by atoms with van der Waals surface area (Å²) < 4.78 is 14.2. The third-order valence-corrected chi connectivity index (χ3v) is 5.14. The van der Waals surface area contributed by atoms with Crippen molar-refractivity contribution in [3.05, 3.63) is 71.0 Å². The average molecular weight is 428 g/mol. The van der Waals surface area contributed by atoms with E-state index in [0.717, 1.165) is 11.1 Å². The summed E-state index contributed by atoms with van der Waals surface area (Å²) in [6.07, 6.45) is 0. The van der Waals surface area contributed by atoms with Gasteiger partial charge >= 0.3 is 0 Å². The Morgan fingerprint density at radius 2 is 1.87 bits per heavy atom. The van der Waals surface area contributed by atoms with Crippen LogP contribution < -0.4 is 16.6 Å². The molecule has 0 aliphatic heterocycles. The van der Waals surface area contributed by atoms with Crippen molar-refractivity contribution in [2.45, 2.75) is 25.5 Å². The van der Waals surface area contributed by atoms with Crippen LogP contribution in [0, 0.1) is 12.7 Å². The minimum atomic E-state index is -0.314. The molecule has 3 rings (SSSR count). The molecule has 156 valence electrons. The standard InChI is InChI=1S/C20H22FN7OS/c1-13-3-5-15(6-4-13)11-23-18(29)12-30-20-27-26-19(28(20)22)25-24-14(2)16-7-9-17(21)10-8-16/h3-10H,11-12,22H2,1-2H3,(H,23,29)(H,25,26)/b24-14+. The lowest BCUT2D eigenvalue weighted by Gasteiger charge is -2.06. The third-order valence-electron chi connectivity index (χ3n) is 4.19. The van der Waals surface area contributed by atoms with Gasteiger partial charge in [0.25, 0.3) is 5.95 Å². The fourth-order valence-corrected chi connectivity index (χ4v) is 3.12. The van der Waals surface area contributed by atoms with Gasteiger partial charge in [-0.25, -0.2) is 14.5 Å². The van der Waals surface area contributed by atoms with Crippen LogP contribution in [-0.2, 0) is 11.3 Å². The summed E-state index contributed by atoms with van der Waals surface area (Å²) in [4.78, 5) is 12.1. The molecule has 0 spiro atoms. The van der Waals surface area contributed by atoms with E-state index < -0.39 is 0 Å². The van der Waals surface area contributed by atoms with Crippen LogP contribution in [0.25, 0.3) is 0 Å². The van der Waals surface area contributed by atoms with Crippen molar-refractivity contribution in [3.63, 3.8) is 0 Å². The van der Waals surface area contributed by atoms with Gasteiger partial charge < -0.3 is 11.2 Å². The summed E-state index contributed by atoms with van der Waals surface area (Å²) in [5, 5.41) is 15.3. The molecule has 3 aromatic rings. The lowest BCUT2D eigenvalue weighted by atomic mass is 10.1. The van der Waals surface area contributed by atoms with Crippen LogP contribution in [0.15, 0.2) is 58.8 Å². The molecule has 0 aliphatic carbocycles. The molecule has 2 aromatic carbocycles. The highest BCUT2D eigenvalue weighted by atomic mass is 32.2. The summed E-state index contributed by atoms with van der Waals surface area (Å²) in [7, 11) is 0. The SMILES string of the molecule is C/C(=N\Nc1nnc(SCC(=O)NCc2ccc(C)cc2)n1N)c1ccc(F)cc1. The molecular formula is C20H22FN7OS. The van der Waals surface area contributed by atoms with Crippen molar-refractivity contribution in [1.82, 2.24) is 20.2 Å². The number of benzene rings is 2. The topological polar surface area (TPSA) is 110 Å². The van der Waals surface area contributed by atoms with Crippen LogP contribution in [0.4, 0.5) is 10.3 Å². The zero-order valence-electron chi connectivity index (χ0n) is 16.6. The zero-order valence-corrected chi connectivity index (χ0v) is 17.4. The van der Waals surface area contributed by atoms with Crippen LogP contribution in [0.5, 0.6) is 0 Å². The van der Waals surface area contributed by atoms with E-state index in [4.69, 9.17) is 5.84 Å². The number of aryl methyl sites for hydroxylation is 1. The number of nitrogens with zero attached hydrogens (tertiary/aromatic N) is 4. The Balaban J connectivity index is 1.50. The van der Waals surface area contributed by atoms with Gasteiger partial charge in [0.1, 0.15) is 5.82 Å². The van der Waals surface area contributed by atoms with Gasteiger partial charge in [-0.15, -0.1) is 10.2 Å². The molecular weight excluding hydrogens is 405 g/mol. The normalized spacial score (nSPS) is 11.4. The number of nitrogen functional groups attached to an aromatic ring is 1. The van der Waals surface area contributed by atoms with Gasteiger partial charge in [0, 0.05) is 6.54 Å². The summed E-state index contributed by atoms with van der Waals surface area (Å²) >= 11 is 1.17. The summed E-state index contributed by atoms with van der Waals surface area (Å²) in [5.74, 6) is 5.89. The molecule has 0 fully saturated rings. The molecule has 10 heteroatoms. The Morgan fingerprint density at radius 1 is 1.17 bits per heavy atom. The smallest absolute Gasteiger partial charge is 0.264 e. The molecule has 0 saturated carbocycles. The van der Waals surface area contributed by atoms with E-state index in [1.807, 2.05) is 31.2 Å². The van der Waals surface area contributed by atoms with Crippen molar-refractivity contribution in [2.75, 3.05) is 17.0 Å². The molecule has 1 heterocycles. The predicted octanol–water partition coefficient (Wildman–Crippen LogP) is 2.68. The Morgan fingerprint density at radius 3 is 2.57 bits per heavy atom. The Labute approximate surface area is 177 Å². The number of nitrogens with two attached hydrogens (primary N) is 1. The Hall–Kier alpha value is -3.40. The van der Waals surface area contributed by atoms with Crippen LogP contribution in [0.3, 0.4) is 0 Å². The number of rotatable bonds is 8. The van der Waals surface area contributed by atoms with E-state index in [2.05, 4.69) is 26.0 Å². The van der Waals surface area contributed by atoms with E-state index in [1.165, 1.54) is 34.1 Å². The fraction of sp³-hybridized carbons (Fsp3) is 0.200. The van der Waals surface area contributed by atoms with Gasteiger partial charge in [0.05, 0.1) is 11.5 Å².